The van der Waals surface area contributed by atoms with Gasteiger partial charge < -0.3 is 35.6 Å². The van der Waals surface area contributed by atoms with Crippen molar-refractivity contribution in [2.45, 2.75) is 94.0 Å². The number of nitrogens with one attached hydrogen (secondary N) is 8. The van der Waals surface area contributed by atoms with Gasteiger partial charge in [0.05, 0.1) is 41.3 Å². The predicted octanol–water partition coefficient (Wildman–Crippen LogP) is 7.18. The molecule has 4 unspecified atom stereocenters. The Bertz CT molecular complexity index is 2460. The Kier molecular flexibility index (Phi) is 22.1. The number of aliphatic imine (C=N–C) groups is 1. The molecule has 1 aliphatic rings. The zero-order valence-electron chi connectivity index (χ0n) is 43.3. The number of aromatic nitrogens is 2. The van der Waals surface area contributed by atoms with Gasteiger partial charge in [0.15, 0.2) is 0 Å². The highest BCUT2D eigenvalue weighted by atomic mass is 16.6. The van der Waals surface area contributed by atoms with Gasteiger partial charge in [-0.2, -0.15) is 10.2 Å². The van der Waals surface area contributed by atoms with Gasteiger partial charge in [-0.1, -0.05) is 48.5 Å². The van der Waals surface area contributed by atoms with E-state index in [0.29, 0.717) is 56.1 Å². The van der Waals surface area contributed by atoms with E-state index in [1.165, 1.54) is 30.3 Å². The molecule has 0 spiro atoms. The van der Waals surface area contributed by atoms with Crippen molar-refractivity contribution in [3.05, 3.63) is 80.8 Å². The lowest BCUT2D eigenvalue weighted by molar-refractivity contribution is -0.384. The number of carbonyl (C=O) groups excluding carboxylic acids is 5. The second-order valence-electron chi connectivity index (χ2n) is 20.0. The Labute approximate surface area is 425 Å². The number of guanidine groups is 1. The minimum atomic E-state index is -0.594. The van der Waals surface area contributed by atoms with E-state index in [4.69, 9.17) is 9.47 Å². The minimum Gasteiger partial charge on any atom is -0.448 e. The average Bonchev–Trinajstić information content (AvgIpc) is 3.30. The minimum absolute atomic E-state index is 0.00878. The highest BCUT2D eigenvalue weighted by Crippen LogP contribution is 2.28. The molecule has 0 aliphatic carbocycles. The quantitative estimate of drug-likeness (QED) is 0.0238. The van der Waals surface area contributed by atoms with Crippen molar-refractivity contribution in [2.75, 3.05) is 62.7 Å². The third kappa shape index (κ3) is 21.7. The molecule has 0 bridgehead atoms. The van der Waals surface area contributed by atoms with Crippen LogP contribution in [0.25, 0.3) is 0 Å². The second kappa shape index (κ2) is 27.8. The number of hydrogen-bond donors (Lipinski definition) is 8. The molecule has 0 fully saturated rings. The first kappa shape index (κ1) is 57.9. The number of hydrogen-bond acceptors (Lipinski definition) is 15. The molecule has 4 atom stereocenters. The number of nitro benzene ring substituents is 1. The summed E-state index contributed by atoms with van der Waals surface area (Å²) in [6.45, 7) is 19.5. The number of non-ortho nitro benzene ring substituents is 1. The summed E-state index contributed by atoms with van der Waals surface area (Å²) in [6.07, 6.45) is 1.65. The fraction of sp³-hybridized carbons (Fsp3) is 0.551. The molecular formula is C49H72N14O10. The molecule has 3 aromatic rings. The number of alkyl carbamates (subject to hydrolysis) is 2. The normalized spacial score (nSPS) is 15.5. The number of nitrogens with zero attached hydrogens (tertiary/aromatic N) is 6. The van der Waals surface area contributed by atoms with Gasteiger partial charge in [0.25, 0.3) is 11.2 Å². The monoisotopic (exact) mass is 1020 g/mol. The number of nitro groups is 1. The first-order valence-electron chi connectivity index (χ1n) is 24.3. The molecule has 398 valence electrons. The zero-order chi connectivity index (χ0) is 53.7. The molecule has 2 aromatic carbocycles. The van der Waals surface area contributed by atoms with Crippen LogP contribution >= 0.6 is 0 Å². The summed E-state index contributed by atoms with van der Waals surface area (Å²) in [7, 11) is 0. The molecule has 73 heavy (non-hydrogen) atoms. The van der Waals surface area contributed by atoms with E-state index in [9.17, 15) is 38.9 Å². The number of rotatable bonds is 25. The first-order valence-corrected chi connectivity index (χ1v) is 24.3. The van der Waals surface area contributed by atoms with Crippen molar-refractivity contribution >= 4 is 64.8 Å². The summed E-state index contributed by atoms with van der Waals surface area (Å²) in [5, 5.41) is 38.4. The number of anilines is 2. The lowest BCUT2D eigenvalue weighted by Gasteiger charge is -2.29. The fourth-order valence-corrected chi connectivity index (χ4v) is 7.98. The van der Waals surface area contributed by atoms with Crippen LogP contribution in [0, 0.1) is 45.6 Å². The van der Waals surface area contributed by atoms with Gasteiger partial charge in [-0.25, -0.2) is 29.2 Å². The van der Waals surface area contributed by atoms with Crippen LogP contribution < -0.4 is 47.7 Å². The van der Waals surface area contributed by atoms with E-state index < -0.39 is 29.2 Å². The molecule has 1 aromatic heterocycles. The van der Waals surface area contributed by atoms with Gasteiger partial charge in [0.1, 0.15) is 13.2 Å². The number of aryl methyl sites for hydroxylation is 1. The van der Waals surface area contributed by atoms with E-state index >= 15 is 0 Å². The SMILES string of the molecule is Cc1cc(=O)[nH]c(NC(=O)NCCC(C)CC(C)(C)CNC(=O)OCCN(CCOC(=O)NCC(C)(C)CC(C)CCNC(=O)NC2=NC(C)C(C)C(=O)N2)c2ccc(N=Nc3ccc([N+](=O)[O-])cc3)cc2)n1. The Balaban J connectivity index is 1.23. The summed E-state index contributed by atoms with van der Waals surface area (Å²) in [5.41, 5.74) is 1.15. The van der Waals surface area contributed by atoms with Crippen molar-refractivity contribution in [1.82, 2.24) is 41.9 Å². The van der Waals surface area contributed by atoms with Crippen LogP contribution in [0.15, 0.2) is 74.6 Å². The van der Waals surface area contributed by atoms with Crippen molar-refractivity contribution in [1.29, 1.82) is 0 Å². The van der Waals surface area contributed by atoms with E-state index in [1.54, 1.807) is 38.1 Å². The Hall–Kier alpha value is -7.66. The molecule has 4 rings (SSSR count). The Morgan fingerprint density at radius 3 is 1.75 bits per heavy atom. The van der Waals surface area contributed by atoms with E-state index in [0.717, 1.165) is 18.5 Å². The van der Waals surface area contributed by atoms with Crippen LogP contribution in [-0.4, -0.2) is 110 Å². The standard InChI is InChI=1S/C49H72N14O10/c1-31(18-20-50-44(66)58-42-54-33(3)26-40(64)56-42)27-48(6,7)29-52-46(68)72-24-22-62(38-14-10-36(11-15-38)60-61-37-12-16-39(17-13-37)63(70)71)23-25-73-47(69)53-30-49(8,9)28-32(2)19-21-51-45(67)59-43-55-35(5)34(4)41(65)57-43/h10-17,26,31-32,34-35H,18-25,27-30H2,1-9H3,(H,52,68)(H,53,69)(H3,50,54,56,58,64,66)(H3,51,55,57,59,65,67). The number of urea groups is 2. The zero-order valence-corrected chi connectivity index (χ0v) is 43.3. The maximum Gasteiger partial charge on any atom is 0.407 e. The van der Waals surface area contributed by atoms with Gasteiger partial charge in [-0.05, 0) is 98.6 Å². The number of carbonyl (C=O) groups is 5. The lowest BCUT2D eigenvalue weighted by Crippen LogP contribution is -2.53. The smallest absolute Gasteiger partial charge is 0.407 e. The van der Waals surface area contributed by atoms with E-state index in [-0.39, 0.29) is 90.0 Å². The maximum absolute atomic E-state index is 12.9. The summed E-state index contributed by atoms with van der Waals surface area (Å²) >= 11 is 0. The number of ether oxygens (including phenoxy) is 2. The van der Waals surface area contributed by atoms with Crippen LogP contribution in [0.3, 0.4) is 0 Å². The van der Waals surface area contributed by atoms with Gasteiger partial charge in [0.2, 0.25) is 17.8 Å². The van der Waals surface area contributed by atoms with Crippen molar-refractivity contribution in [3.8, 4) is 0 Å². The van der Waals surface area contributed by atoms with Crippen molar-refractivity contribution < 1.29 is 38.4 Å². The van der Waals surface area contributed by atoms with Crippen LogP contribution in [0.2, 0.25) is 0 Å². The van der Waals surface area contributed by atoms with Gasteiger partial charge in [-0.15, -0.1) is 0 Å². The molecule has 1 aliphatic heterocycles. The fourth-order valence-electron chi connectivity index (χ4n) is 7.98. The molecule has 24 nitrogen and oxygen atoms in total. The molecule has 8 N–H and O–H groups in total. The maximum atomic E-state index is 12.9. The summed E-state index contributed by atoms with van der Waals surface area (Å²) in [6, 6.07) is 12.9. The van der Waals surface area contributed by atoms with Crippen LogP contribution in [0.1, 0.15) is 86.8 Å². The summed E-state index contributed by atoms with van der Waals surface area (Å²) in [5.74, 6) is 0.111. The molecule has 7 amide bonds. The van der Waals surface area contributed by atoms with Crippen LogP contribution in [-0.2, 0) is 14.3 Å². The Morgan fingerprint density at radius 1 is 0.781 bits per heavy atom. The lowest BCUT2D eigenvalue weighted by atomic mass is 9.82. The molecule has 2 heterocycles. The van der Waals surface area contributed by atoms with Crippen LogP contribution in [0.5, 0.6) is 0 Å². The molecule has 0 saturated heterocycles. The van der Waals surface area contributed by atoms with Gasteiger partial charge in [0, 0.05) is 55.8 Å². The first-order chi connectivity index (χ1) is 34.5. The largest absolute Gasteiger partial charge is 0.448 e. The van der Waals surface area contributed by atoms with Gasteiger partial charge >= 0.3 is 24.2 Å². The number of azo groups is 1. The van der Waals surface area contributed by atoms with Crippen molar-refractivity contribution in [2.24, 2.45) is 43.8 Å². The van der Waals surface area contributed by atoms with Gasteiger partial charge in [-0.3, -0.25) is 40.6 Å². The van der Waals surface area contributed by atoms with E-state index in [1.807, 2.05) is 39.5 Å². The number of benzene rings is 2. The molecule has 0 radical (unpaired) electrons. The van der Waals surface area contributed by atoms with E-state index in [2.05, 4.69) is 76.3 Å². The molecular weight excluding hydrogens is 945 g/mol. The summed E-state index contributed by atoms with van der Waals surface area (Å²) in [4.78, 5) is 97.6. The highest BCUT2D eigenvalue weighted by Gasteiger charge is 2.28. The summed E-state index contributed by atoms with van der Waals surface area (Å²) < 4.78 is 11.2. The molecule has 0 saturated carbocycles. The topological polar surface area (TPSA) is 317 Å². The number of amides is 7. The van der Waals surface area contributed by atoms with Crippen LogP contribution in [0.4, 0.5) is 47.9 Å². The second-order valence-corrected chi connectivity index (χ2v) is 20.0. The third-order valence-electron chi connectivity index (χ3n) is 11.9. The number of aromatic amines is 1. The third-order valence-corrected chi connectivity index (χ3v) is 11.9. The Morgan fingerprint density at radius 2 is 1.27 bits per heavy atom. The number of H-pyrrole nitrogens is 1. The molecule has 24 heteroatoms. The van der Waals surface area contributed by atoms with Crippen molar-refractivity contribution in [3.63, 3.8) is 0 Å². The predicted molar refractivity (Wildman–Crippen MR) is 276 cm³/mol. The highest BCUT2D eigenvalue weighted by molar-refractivity contribution is 6.06. The average molecular weight is 1020 g/mol.